The molecule has 0 saturated carbocycles. The Hall–Kier alpha value is -0.870. The lowest BCUT2D eigenvalue weighted by Crippen LogP contribution is -2.38. The standard InChI is InChI=1S/C13H23N3O/c1-12(13-5-2-10-17-11-13)14-6-3-8-16-9-4-7-15-16/h4,7,9,12-14H,2-3,5-6,8,10-11H2,1H3/t12-,13+/m0/s1. The number of aryl methyl sites for hydroxylation is 1. The van der Waals surface area contributed by atoms with Crippen LogP contribution < -0.4 is 5.32 Å². The van der Waals surface area contributed by atoms with Crippen LogP contribution in [0.5, 0.6) is 0 Å². The zero-order chi connectivity index (χ0) is 11.9. The van der Waals surface area contributed by atoms with E-state index in [2.05, 4.69) is 17.3 Å². The van der Waals surface area contributed by atoms with Crippen LogP contribution in [0.1, 0.15) is 26.2 Å². The summed E-state index contributed by atoms with van der Waals surface area (Å²) in [7, 11) is 0. The molecule has 1 aliphatic heterocycles. The number of hydrogen-bond acceptors (Lipinski definition) is 3. The van der Waals surface area contributed by atoms with Crippen LogP contribution in [-0.2, 0) is 11.3 Å². The van der Waals surface area contributed by atoms with Gasteiger partial charge in [0.2, 0.25) is 0 Å². The van der Waals surface area contributed by atoms with Gasteiger partial charge in [-0.2, -0.15) is 5.10 Å². The van der Waals surface area contributed by atoms with Crippen molar-refractivity contribution >= 4 is 0 Å². The van der Waals surface area contributed by atoms with Crippen molar-refractivity contribution in [3.8, 4) is 0 Å². The highest BCUT2D eigenvalue weighted by molar-refractivity contribution is 4.78. The molecule has 1 aromatic rings. The first-order valence-corrected chi connectivity index (χ1v) is 6.65. The molecular weight excluding hydrogens is 214 g/mol. The molecule has 0 aromatic carbocycles. The van der Waals surface area contributed by atoms with Crippen LogP contribution in [0.4, 0.5) is 0 Å². The molecule has 2 heterocycles. The average Bonchev–Trinajstić information content (AvgIpc) is 2.88. The van der Waals surface area contributed by atoms with Gasteiger partial charge in [0.25, 0.3) is 0 Å². The van der Waals surface area contributed by atoms with Crippen molar-refractivity contribution in [3.05, 3.63) is 18.5 Å². The number of nitrogens with zero attached hydrogens (tertiary/aromatic N) is 2. The SMILES string of the molecule is C[C@H](NCCCn1cccn1)[C@@H]1CCCOC1. The second kappa shape index (κ2) is 6.77. The molecule has 0 aliphatic carbocycles. The smallest absolute Gasteiger partial charge is 0.0509 e. The lowest BCUT2D eigenvalue weighted by molar-refractivity contribution is 0.0420. The molecule has 1 N–H and O–H groups in total. The zero-order valence-electron chi connectivity index (χ0n) is 10.6. The lowest BCUT2D eigenvalue weighted by atomic mass is 9.95. The van der Waals surface area contributed by atoms with Crippen molar-refractivity contribution in [3.63, 3.8) is 0 Å². The molecule has 4 nitrogen and oxygen atoms in total. The van der Waals surface area contributed by atoms with E-state index in [-0.39, 0.29) is 0 Å². The van der Waals surface area contributed by atoms with E-state index in [4.69, 9.17) is 4.74 Å². The van der Waals surface area contributed by atoms with Crippen LogP contribution in [-0.4, -0.2) is 35.6 Å². The van der Waals surface area contributed by atoms with Crippen LogP contribution in [0.3, 0.4) is 0 Å². The number of nitrogens with one attached hydrogen (secondary N) is 1. The van der Waals surface area contributed by atoms with E-state index in [0.717, 1.165) is 32.7 Å². The van der Waals surface area contributed by atoms with Crippen LogP contribution in [0.25, 0.3) is 0 Å². The molecule has 0 amide bonds. The molecule has 0 spiro atoms. The second-order valence-corrected chi connectivity index (χ2v) is 4.84. The van der Waals surface area contributed by atoms with Crippen molar-refractivity contribution < 1.29 is 4.74 Å². The molecule has 4 heteroatoms. The van der Waals surface area contributed by atoms with Crippen molar-refractivity contribution in [2.45, 2.75) is 38.8 Å². The van der Waals surface area contributed by atoms with Crippen molar-refractivity contribution in [1.29, 1.82) is 0 Å². The monoisotopic (exact) mass is 237 g/mol. The third-order valence-electron chi connectivity index (χ3n) is 3.49. The molecule has 17 heavy (non-hydrogen) atoms. The fourth-order valence-electron chi connectivity index (χ4n) is 2.33. The van der Waals surface area contributed by atoms with E-state index < -0.39 is 0 Å². The molecule has 0 radical (unpaired) electrons. The van der Waals surface area contributed by atoms with Gasteiger partial charge < -0.3 is 10.1 Å². The number of aromatic nitrogens is 2. The topological polar surface area (TPSA) is 39.1 Å². The summed E-state index contributed by atoms with van der Waals surface area (Å²) in [6.07, 6.45) is 7.48. The lowest BCUT2D eigenvalue weighted by Gasteiger charge is -2.28. The van der Waals surface area contributed by atoms with E-state index in [1.165, 1.54) is 12.8 Å². The Morgan fingerprint density at radius 3 is 3.24 bits per heavy atom. The number of hydrogen-bond donors (Lipinski definition) is 1. The Morgan fingerprint density at radius 1 is 1.59 bits per heavy atom. The maximum Gasteiger partial charge on any atom is 0.0509 e. The van der Waals surface area contributed by atoms with Crippen molar-refractivity contribution in [2.75, 3.05) is 19.8 Å². The summed E-state index contributed by atoms with van der Waals surface area (Å²) in [6.45, 7) is 6.19. The van der Waals surface area contributed by atoms with Gasteiger partial charge in [-0.1, -0.05) is 0 Å². The third-order valence-corrected chi connectivity index (χ3v) is 3.49. The van der Waals surface area contributed by atoms with E-state index in [1.54, 1.807) is 0 Å². The predicted molar refractivity (Wildman–Crippen MR) is 67.9 cm³/mol. The Labute approximate surface area is 103 Å². The minimum Gasteiger partial charge on any atom is -0.381 e. The Morgan fingerprint density at radius 2 is 2.53 bits per heavy atom. The molecule has 0 unspecified atom stereocenters. The Balaban J connectivity index is 1.57. The molecule has 1 aromatic heterocycles. The van der Waals surface area contributed by atoms with Gasteiger partial charge >= 0.3 is 0 Å². The molecule has 96 valence electrons. The van der Waals surface area contributed by atoms with Crippen molar-refractivity contribution in [1.82, 2.24) is 15.1 Å². The molecule has 1 aliphatic rings. The zero-order valence-corrected chi connectivity index (χ0v) is 10.6. The van der Waals surface area contributed by atoms with Crippen LogP contribution in [0, 0.1) is 5.92 Å². The van der Waals surface area contributed by atoms with E-state index in [1.807, 2.05) is 23.1 Å². The van der Waals surface area contributed by atoms with Gasteiger partial charge in [0.1, 0.15) is 0 Å². The number of rotatable bonds is 6. The minimum atomic E-state index is 0.563. The minimum absolute atomic E-state index is 0.563. The van der Waals surface area contributed by atoms with Crippen LogP contribution >= 0.6 is 0 Å². The summed E-state index contributed by atoms with van der Waals surface area (Å²) in [5.41, 5.74) is 0. The highest BCUT2D eigenvalue weighted by Gasteiger charge is 2.19. The van der Waals surface area contributed by atoms with Crippen LogP contribution in [0.15, 0.2) is 18.5 Å². The highest BCUT2D eigenvalue weighted by Crippen LogP contribution is 2.16. The summed E-state index contributed by atoms with van der Waals surface area (Å²) in [4.78, 5) is 0. The third kappa shape index (κ3) is 4.13. The molecular formula is C13H23N3O. The summed E-state index contributed by atoms with van der Waals surface area (Å²) in [6, 6.07) is 2.53. The second-order valence-electron chi connectivity index (χ2n) is 4.84. The first-order valence-electron chi connectivity index (χ1n) is 6.65. The van der Waals surface area contributed by atoms with Gasteiger partial charge in [0.05, 0.1) is 6.61 Å². The fraction of sp³-hybridized carbons (Fsp3) is 0.769. The maximum absolute atomic E-state index is 5.51. The first kappa shape index (κ1) is 12.6. The quantitative estimate of drug-likeness (QED) is 0.765. The van der Waals surface area contributed by atoms with Gasteiger partial charge in [-0.3, -0.25) is 4.68 Å². The summed E-state index contributed by atoms with van der Waals surface area (Å²) in [5, 5.41) is 7.79. The van der Waals surface area contributed by atoms with E-state index >= 15 is 0 Å². The Bertz CT molecular complexity index is 294. The first-order chi connectivity index (χ1) is 8.36. The van der Waals surface area contributed by atoms with Gasteiger partial charge in [-0.15, -0.1) is 0 Å². The predicted octanol–water partition coefficient (Wildman–Crippen LogP) is 1.68. The van der Waals surface area contributed by atoms with Gasteiger partial charge in [0.15, 0.2) is 0 Å². The highest BCUT2D eigenvalue weighted by atomic mass is 16.5. The van der Waals surface area contributed by atoms with Crippen LogP contribution in [0.2, 0.25) is 0 Å². The van der Waals surface area contributed by atoms with Gasteiger partial charge in [-0.25, -0.2) is 0 Å². The van der Waals surface area contributed by atoms with E-state index in [0.29, 0.717) is 12.0 Å². The summed E-state index contributed by atoms with van der Waals surface area (Å²) >= 11 is 0. The average molecular weight is 237 g/mol. The molecule has 2 rings (SSSR count). The van der Waals surface area contributed by atoms with E-state index in [9.17, 15) is 0 Å². The van der Waals surface area contributed by atoms with Crippen molar-refractivity contribution in [2.24, 2.45) is 5.92 Å². The summed E-state index contributed by atoms with van der Waals surface area (Å²) < 4.78 is 7.50. The molecule has 1 fully saturated rings. The fourth-order valence-corrected chi connectivity index (χ4v) is 2.33. The van der Waals surface area contributed by atoms with Gasteiger partial charge in [-0.05, 0) is 44.7 Å². The summed E-state index contributed by atoms with van der Waals surface area (Å²) in [5.74, 6) is 0.688. The Kier molecular flexibility index (Phi) is 5.01. The molecule has 0 bridgehead atoms. The maximum atomic E-state index is 5.51. The normalized spacial score (nSPS) is 22.5. The van der Waals surface area contributed by atoms with Gasteiger partial charge in [0, 0.05) is 31.6 Å². The molecule has 2 atom stereocenters. The largest absolute Gasteiger partial charge is 0.381 e. The molecule has 1 saturated heterocycles. The number of ether oxygens (including phenoxy) is 1.